The van der Waals surface area contributed by atoms with Crippen LogP contribution in [0.15, 0.2) is 28.5 Å². The van der Waals surface area contributed by atoms with Crippen LogP contribution >= 0.6 is 0 Å². The van der Waals surface area contributed by atoms with Crippen molar-refractivity contribution in [2.75, 3.05) is 52.3 Å². The molecule has 1 aromatic heterocycles. The Bertz CT molecular complexity index is 1350. The predicted molar refractivity (Wildman–Crippen MR) is 139 cm³/mol. The molecule has 206 valence electrons. The van der Waals surface area contributed by atoms with Crippen LogP contribution in [0.25, 0.3) is 10.9 Å². The molecule has 1 aliphatic heterocycles. The van der Waals surface area contributed by atoms with E-state index in [4.69, 9.17) is 10.5 Å². The third kappa shape index (κ3) is 5.51. The maximum absolute atomic E-state index is 15.6. The maximum Gasteiger partial charge on any atom is 0.341 e. The number of halogens is 2. The first-order valence-electron chi connectivity index (χ1n) is 12.5. The predicted octanol–water partition coefficient (Wildman–Crippen LogP) is 2.01. The quantitative estimate of drug-likeness (QED) is 0.446. The lowest BCUT2D eigenvalue weighted by Crippen LogP contribution is -2.47. The van der Waals surface area contributed by atoms with Crippen LogP contribution in [0.5, 0.6) is 5.75 Å². The van der Waals surface area contributed by atoms with Gasteiger partial charge in [0.1, 0.15) is 17.1 Å². The van der Waals surface area contributed by atoms with Crippen molar-refractivity contribution < 1.29 is 28.2 Å². The lowest BCUT2D eigenvalue weighted by atomic mass is 10.0. The molecule has 0 bridgehead atoms. The highest BCUT2D eigenvalue weighted by Crippen LogP contribution is 2.44. The molecule has 1 amide bonds. The Balaban J connectivity index is 1.68. The molecule has 10 nitrogen and oxygen atoms in total. The summed E-state index contributed by atoms with van der Waals surface area (Å²) in [5.74, 6) is -3.03. The number of carboxylic acids is 1. The van der Waals surface area contributed by atoms with Gasteiger partial charge in [0.25, 0.3) is 0 Å². The molecule has 0 radical (unpaired) electrons. The lowest BCUT2D eigenvalue weighted by molar-refractivity contribution is -0.122. The third-order valence-corrected chi connectivity index (χ3v) is 6.88. The highest BCUT2D eigenvalue weighted by atomic mass is 19.1. The number of nitrogens with zero attached hydrogens (tertiary/aromatic N) is 3. The van der Waals surface area contributed by atoms with E-state index >= 15 is 8.78 Å². The summed E-state index contributed by atoms with van der Waals surface area (Å²) in [7, 11) is 4.92. The molecule has 2 aromatic rings. The van der Waals surface area contributed by atoms with Gasteiger partial charge in [-0.3, -0.25) is 9.59 Å². The van der Waals surface area contributed by atoms with E-state index in [9.17, 15) is 19.5 Å². The van der Waals surface area contributed by atoms with Crippen molar-refractivity contribution in [3.05, 3.63) is 45.3 Å². The molecule has 4 rings (SSSR count). The number of hydrogen-bond donors (Lipinski definition) is 3. The molecular formula is C26H33F2N5O5. The number of methoxy groups -OCH3 is 1. The lowest BCUT2D eigenvalue weighted by Gasteiger charge is -2.33. The molecule has 1 atom stereocenters. The van der Waals surface area contributed by atoms with Crippen molar-refractivity contribution >= 4 is 28.5 Å². The Morgan fingerprint density at radius 3 is 2.66 bits per heavy atom. The Morgan fingerprint density at radius 2 is 2.05 bits per heavy atom. The topological polar surface area (TPSA) is 130 Å². The monoisotopic (exact) mass is 533 g/mol. The molecule has 2 fully saturated rings. The number of amides is 1. The van der Waals surface area contributed by atoms with Crippen LogP contribution in [-0.4, -0.2) is 79.9 Å². The summed E-state index contributed by atoms with van der Waals surface area (Å²) < 4.78 is 38.0. The Labute approximate surface area is 218 Å². The SMILES string of the molecule is COc1c(N2CCCC(=C(F)CNC(=O)[C@@H](N)CN(C)C)C2)c(F)cc2c(=O)c(C(=O)O)cn(C3CC3)c12. The number of pyridine rings is 1. The second-order valence-electron chi connectivity index (χ2n) is 10.1. The van der Waals surface area contributed by atoms with Crippen LogP contribution in [0.2, 0.25) is 0 Å². The van der Waals surface area contributed by atoms with Gasteiger partial charge in [0, 0.05) is 31.9 Å². The molecule has 1 aliphatic carbocycles. The van der Waals surface area contributed by atoms with Crippen molar-refractivity contribution in [2.45, 2.75) is 37.8 Å². The standard InChI is InChI=1S/C26H33F2N5O5/c1-31(2)13-20(29)25(35)30-10-19(28)14-5-4-8-32(11-14)22-18(27)9-16-21(24(22)38-3)33(15-6-7-15)12-17(23(16)34)26(36)37/h9,12,15,20H,4-8,10-11,13,29H2,1-3H3,(H,30,35)(H,36,37)/t20-/m0/s1. The summed E-state index contributed by atoms with van der Waals surface area (Å²) in [6, 6.07) is 0.217. The van der Waals surface area contributed by atoms with Crippen molar-refractivity contribution in [3.63, 3.8) is 0 Å². The van der Waals surface area contributed by atoms with Gasteiger partial charge in [-0.1, -0.05) is 0 Å². The molecule has 1 saturated carbocycles. The van der Waals surface area contributed by atoms with Gasteiger partial charge < -0.3 is 35.3 Å². The number of hydrogen-bond acceptors (Lipinski definition) is 7. The normalized spacial score (nSPS) is 18.0. The molecule has 12 heteroatoms. The molecule has 2 aliphatic rings. The Hall–Kier alpha value is -3.51. The van der Waals surface area contributed by atoms with Gasteiger partial charge in [-0.05, 0) is 51.4 Å². The van der Waals surface area contributed by atoms with Gasteiger partial charge in [0.2, 0.25) is 11.3 Å². The van der Waals surface area contributed by atoms with Gasteiger partial charge in [0.05, 0.1) is 30.6 Å². The number of nitrogens with two attached hydrogens (primary N) is 1. The van der Waals surface area contributed by atoms with Crippen LogP contribution in [0.1, 0.15) is 42.1 Å². The number of benzene rings is 1. The number of rotatable bonds is 9. The van der Waals surface area contributed by atoms with E-state index in [1.165, 1.54) is 13.3 Å². The zero-order valence-corrected chi connectivity index (χ0v) is 21.7. The van der Waals surface area contributed by atoms with E-state index in [1.807, 2.05) is 0 Å². The van der Waals surface area contributed by atoms with Crippen LogP contribution in [0.3, 0.4) is 0 Å². The number of piperidine rings is 1. The van der Waals surface area contributed by atoms with Gasteiger partial charge in [-0.25, -0.2) is 13.6 Å². The first kappa shape index (κ1) is 27.5. The third-order valence-electron chi connectivity index (χ3n) is 6.88. The van der Waals surface area contributed by atoms with Gasteiger partial charge in [-0.15, -0.1) is 0 Å². The first-order valence-corrected chi connectivity index (χ1v) is 12.5. The molecule has 38 heavy (non-hydrogen) atoms. The molecule has 0 spiro atoms. The fraction of sp³-hybridized carbons (Fsp3) is 0.500. The number of aromatic carboxylic acids is 1. The van der Waals surface area contributed by atoms with Crippen molar-refractivity contribution in [3.8, 4) is 5.75 Å². The molecule has 2 heterocycles. The van der Waals surface area contributed by atoms with Gasteiger partial charge in [-0.2, -0.15) is 0 Å². The van der Waals surface area contributed by atoms with Crippen LogP contribution in [-0.2, 0) is 4.79 Å². The van der Waals surface area contributed by atoms with Crippen LogP contribution in [0.4, 0.5) is 14.5 Å². The first-order chi connectivity index (χ1) is 18.0. The molecule has 4 N–H and O–H groups in total. The number of anilines is 1. The highest BCUT2D eigenvalue weighted by Gasteiger charge is 2.32. The highest BCUT2D eigenvalue weighted by molar-refractivity contribution is 5.97. The second-order valence-corrected chi connectivity index (χ2v) is 10.1. The summed E-state index contributed by atoms with van der Waals surface area (Å²) in [6.45, 7) is 0.472. The molecule has 1 saturated heterocycles. The van der Waals surface area contributed by atoms with Crippen molar-refractivity contribution in [2.24, 2.45) is 5.73 Å². The van der Waals surface area contributed by atoms with Crippen LogP contribution in [0, 0.1) is 5.82 Å². The van der Waals surface area contributed by atoms with E-state index < -0.39 is 40.6 Å². The van der Waals surface area contributed by atoms with Crippen LogP contribution < -0.4 is 26.1 Å². The number of aromatic nitrogens is 1. The average Bonchev–Trinajstić information content (AvgIpc) is 3.71. The van der Waals surface area contributed by atoms with E-state index in [2.05, 4.69) is 5.32 Å². The largest absolute Gasteiger partial charge is 0.492 e. The average molecular weight is 534 g/mol. The van der Waals surface area contributed by atoms with Crippen molar-refractivity contribution in [1.82, 2.24) is 14.8 Å². The number of fused-ring (bicyclic) bond motifs is 1. The fourth-order valence-electron chi connectivity index (χ4n) is 4.91. The number of carboxylic acid groups (broad SMARTS) is 1. The Kier molecular flexibility index (Phi) is 8.02. The van der Waals surface area contributed by atoms with E-state index in [0.29, 0.717) is 37.0 Å². The minimum atomic E-state index is -1.38. The summed E-state index contributed by atoms with van der Waals surface area (Å²) in [6.07, 6.45) is 3.84. The minimum Gasteiger partial charge on any atom is -0.492 e. The van der Waals surface area contributed by atoms with Crippen molar-refractivity contribution in [1.29, 1.82) is 0 Å². The molecule has 0 unspecified atom stereocenters. The van der Waals surface area contributed by atoms with E-state index in [1.54, 1.807) is 28.5 Å². The summed E-state index contributed by atoms with van der Waals surface area (Å²) in [4.78, 5) is 40.2. The number of likely N-dealkylation sites (N-methyl/N-ethyl adjacent to an activating group) is 1. The van der Waals surface area contributed by atoms with E-state index in [0.717, 1.165) is 18.9 Å². The fourth-order valence-corrected chi connectivity index (χ4v) is 4.91. The minimum absolute atomic E-state index is 0.0276. The van der Waals surface area contributed by atoms with Gasteiger partial charge >= 0.3 is 5.97 Å². The summed E-state index contributed by atoms with van der Waals surface area (Å²) in [5, 5.41) is 12.0. The number of ether oxygens (including phenoxy) is 1. The Morgan fingerprint density at radius 1 is 1.34 bits per heavy atom. The zero-order valence-electron chi connectivity index (χ0n) is 21.7. The maximum atomic E-state index is 15.6. The number of carbonyl (C=O) groups is 2. The molecule has 1 aromatic carbocycles. The van der Waals surface area contributed by atoms with Gasteiger partial charge in [0.15, 0.2) is 11.6 Å². The second kappa shape index (κ2) is 11.1. The summed E-state index contributed by atoms with van der Waals surface area (Å²) in [5.41, 5.74) is 5.43. The molecular weight excluding hydrogens is 500 g/mol. The number of nitrogens with one attached hydrogen (secondary N) is 1. The summed E-state index contributed by atoms with van der Waals surface area (Å²) >= 11 is 0. The zero-order chi connectivity index (χ0) is 27.7. The van der Waals surface area contributed by atoms with E-state index in [-0.39, 0.29) is 36.0 Å². The number of carbonyl (C=O) groups excluding carboxylic acids is 1. The smallest absolute Gasteiger partial charge is 0.341 e.